The van der Waals surface area contributed by atoms with Crippen molar-refractivity contribution in [3.63, 3.8) is 0 Å². The number of anilines is 1. The summed E-state index contributed by atoms with van der Waals surface area (Å²) in [6, 6.07) is 12.5. The summed E-state index contributed by atoms with van der Waals surface area (Å²) in [6.45, 7) is 1.50. The summed E-state index contributed by atoms with van der Waals surface area (Å²) in [6.07, 6.45) is 0.909. The van der Waals surface area contributed by atoms with Crippen molar-refractivity contribution in [1.82, 2.24) is 0 Å². The number of nitrogens with zero attached hydrogens (tertiary/aromatic N) is 2. The van der Waals surface area contributed by atoms with Crippen molar-refractivity contribution in [3.8, 4) is 5.75 Å². The molecule has 0 saturated carbocycles. The number of hydrogen-bond acceptors (Lipinski definition) is 4. The van der Waals surface area contributed by atoms with Gasteiger partial charge in [0.25, 0.3) is 5.69 Å². The summed E-state index contributed by atoms with van der Waals surface area (Å²) in [4.78, 5) is 12.2. The Kier molecular flexibility index (Phi) is 3.02. The molecule has 0 fully saturated rings. The summed E-state index contributed by atoms with van der Waals surface area (Å²) in [7, 11) is 0. The van der Waals surface area contributed by atoms with Crippen LogP contribution in [0.1, 0.15) is 11.1 Å². The summed E-state index contributed by atoms with van der Waals surface area (Å²) < 4.78 is 0. The molecule has 3 rings (SSSR count). The molecule has 0 radical (unpaired) electrons. The highest BCUT2D eigenvalue weighted by Crippen LogP contribution is 2.34. The first kappa shape index (κ1) is 12.5. The molecule has 0 atom stereocenters. The van der Waals surface area contributed by atoms with Crippen molar-refractivity contribution < 1.29 is 10.0 Å². The Morgan fingerprint density at radius 1 is 1.15 bits per heavy atom. The summed E-state index contributed by atoms with van der Waals surface area (Å²) >= 11 is 0. The predicted octanol–water partition coefficient (Wildman–Crippen LogP) is 2.86. The van der Waals surface area contributed by atoms with Gasteiger partial charge in [-0.1, -0.05) is 24.3 Å². The lowest BCUT2D eigenvalue weighted by molar-refractivity contribution is -0.384. The van der Waals surface area contributed by atoms with Gasteiger partial charge in [-0.15, -0.1) is 0 Å². The lowest BCUT2D eigenvalue weighted by Crippen LogP contribution is -2.30. The molecule has 1 heterocycles. The van der Waals surface area contributed by atoms with Gasteiger partial charge in [-0.05, 0) is 23.6 Å². The van der Waals surface area contributed by atoms with Crippen molar-refractivity contribution >= 4 is 11.4 Å². The lowest BCUT2D eigenvalue weighted by Gasteiger charge is -2.31. The molecule has 2 aromatic carbocycles. The Hall–Kier alpha value is -2.56. The number of fused-ring (bicyclic) bond motifs is 1. The van der Waals surface area contributed by atoms with Gasteiger partial charge in [-0.2, -0.15) is 0 Å². The molecule has 0 aliphatic carbocycles. The van der Waals surface area contributed by atoms with Crippen LogP contribution in [0.15, 0.2) is 42.5 Å². The van der Waals surface area contributed by atoms with Gasteiger partial charge in [-0.25, -0.2) is 0 Å². The standard InChI is InChI=1S/C15H14N2O3/c18-15-9-13(17(19)20)5-6-14(15)16-8-7-11-3-1-2-4-12(11)10-16/h1-6,9,18H,7-8,10H2. The highest BCUT2D eigenvalue weighted by atomic mass is 16.6. The van der Waals surface area contributed by atoms with Gasteiger partial charge < -0.3 is 10.0 Å². The quantitative estimate of drug-likeness (QED) is 0.673. The fourth-order valence-electron chi connectivity index (χ4n) is 2.59. The van der Waals surface area contributed by atoms with Gasteiger partial charge in [0.2, 0.25) is 0 Å². The summed E-state index contributed by atoms with van der Waals surface area (Å²) in [5, 5.41) is 20.7. The van der Waals surface area contributed by atoms with Gasteiger partial charge in [0.05, 0.1) is 16.7 Å². The maximum atomic E-state index is 10.7. The third-order valence-corrected chi connectivity index (χ3v) is 3.64. The average molecular weight is 270 g/mol. The largest absolute Gasteiger partial charge is 0.506 e. The zero-order valence-corrected chi connectivity index (χ0v) is 10.8. The number of nitro benzene ring substituents is 1. The third kappa shape index (κ3) is 2.18. The predicted molar refractivity (Wildman–Crippen MR) is 76.0 cm³/mol. The molecule has 1 aliphatic rings. The minimum atomic E-state index is -0.505. The second kappa shape index (κ2) is 4.85. The van der Waals surface area contributed by atoms with Crippen LogP contribution in [0.5, 0.6) is 5.75 Å². The molecule has 0 amide bonds. The molecule has 5 heteroatoms. The van der Waals surface area contributed by atoms with Crippen LogP contribution in [-0.4, -0.2) is 16.6 Å². The Labute approximate surface area is 116 Å². The van der Waals surface area contributed by atoms with Crippen LogP contribution in [0.2, 0.25) is 0 Å². The first-order chi connectivity index (χ1) is 9.65. The van der Waals surface area contributed by atoms with Crippen LogP contribution in [0.3, 0.4) is 0 Å². The molecule has 1 aliphatic heterocycles. The first-order valence-corrected chi connectivity index (χ1v) is 6.44. The highest BCUT2D eigenvalue weighted by molar-refractivity contribution is 5.62. The fraction of sp³-hybridized carbons (Fsp3) is 0.200. The van der Waals surface area contributed by atoms with E-state index in [1.165, 1.54) is 23.3 Å². The van der Waals surface area contributed by atoms with Crippen molar-refractivity contribution in [3.05, 3.63) is 63.7 Å². The topological polar surface area (TPSA) is 66.6 Å². The van der Waals surface area contributed by atoms with E-state index in [9.17, 15) is 15.2 Å². The van der Waals surface area contributed by atoms with Gasteiger partial charge in [0.15, 0.2) is 0 Å². The van der Waals surface area contributed by atoms with Gasteiger partial charge in [-0.3, -0.25) is 10.1 Å². The maximum Gasteiger partial charge on any atom is 0.273 e. The van der Waals surface area contributed by atoms with Crippen LogP contribution >= 0.6 is 0 Å². The Morgan fingerprint density at radius 2 is 1.90 bits per heavy atom. The molecular weight excluding hydrogens is 256 g/mol. The van der Waals surface area contributed by atoms with Crippen LogP contribution in [-0.2, 0) is 13.0 Å². The van der Waals surface area contributed by atoms with Gasteiger partial charge in [0.1, 0.15) is 5.75 Å². The number of hydrogen-bond donors (Lipinski definition) is 1. The maximum absolute atomic E-state index is 10.7. The minimum Gasteiger partial charge on any atom is -0.506 e. The number of phenols is 1. The van der Waals surface area contributed by atoms with E-state index in [1.807, 2.05) is 17.0 Å². The van der Waals surface area contributed by atoms with E-state index in [0.717, 1.165) is 13.0 Å². The molecule has 20 heavy (non-hydrogen) atoms. The Morgan fingerprint density at radius 3 is 2.60 bits per heavy atom. The SMILES string of the molecule is O=[N+]([O-])c1ccc(N2CCc3ccccc3C2)c(O)c1. The molecule has 2 aromatic rings. The number of rotatable bonds is 2. The van der Waals surface area contributed by atoms with Crippen molar-refractivity contribution in [2.75, 3.05) is 11.4 Å². The number of nitro groups is 1. The monoisotopic (exact) mass is 270 g/mol. The van der Waals surface area contributed by atoms with Crippen molar-refractivity contribution in [2.24, 2.45) is 0 Å². The first-order valence-electron chi connectivity index (χ1n) is 6.44. The highest BCUT2D eigenvalue weighted by Gasteiger charge is 2.20. The van der Waals surface area contributed by atoms with Gasteiger partial charge >= 0.3 is 0 Å². The number of benzene rings is 2. The molecule has 0 aromatic heterocycles. The summed E-state index contributed by atoms with van der Waals surface area (Å²) in [5.74, 6) is -0.0430. The van der Waals surface area contributed by atoms with E-state index < -0.39 is 4.92 Å². The van der Waals surface area contributed by atoms with Crippen LogP contribution < -0.4 is 4.90 Å². The third-order valence-electron chi connectivity index (χ3n) is 3.64. The zero-order valence-electron chi connectivity index (χ0n) is 10.8. The molecule has 0 saturated heterocycles. The van der Waals surface area contributed by atoms with E-state index >= 15 is 0 Å². The van der Waals surface area contributed by atoms with Crippen LogP contribution in [0.4, 0.5) is 11.4 Å². The molecule has 1 N–H and O–H groups in total. The zero-order chi connectivity index (χ0) is 14.1. The number of aromatic hydroxyl groups is 1. The normalized spacial score (nSPS) is 13.9. The van der Waals surface area contributed by atoms with Crippen LogP contribution in [0, 0.1) is 10.1 Å². The van der Waals surface area contributed by atoms with E-state index in [1.54, 1.807) is 6.07 Å². The number of phenolic OH excluding ortho intramolecular Hbond substituents is 1. The molecular formula is C15H14N2O3. The Balaban J connectivity index is 1.90. The second-order valence-corrected chi connectivity index (χ2v) is 4.87. The van der Waals surface area contributed by atoms with Gasteiger partial charge in [0, 0.05) is 19.2 Å². The number of non-ortho nitro benzene ring substituents is 1. The van der Waals surface area contributed by atoms with E-state index in [2.05, 4.69) is 12.1 Å². The van der Waals surface area contributed by atoms with Crippen LogP contribution in [0.25, 0.3) is 0 Å². The minimum absolute atomic E-state index is 0.0430. The lowest BCUT2D eigenvalue weighted by atomic mass is 9.99. The molecule has 102 valence electrons. The molecule has 0 spiro atoms. The molecule has 0 bridgehead atoms. The molecule has 5 nitrogen and oxygen atoms in total. The van der Waals surface area contributed by atoms with E-state index in [4.69, 9.17) is 0 Å². The fourth-order valence-corrected chi connectivity index (χ4v) is 2.59. The Bertz CT molecular complexity index is 670. The van der Waals surface area contributed by atoms with Crippen molar-refractivity contribution in [2.45, 2.75) is 13.0 Å². The second-order valence-electron chi connectivity index (χ2n) is 4.87. The van der Waals surface area contributed by atoms with E-state index in [-0.39, 0.29) is 11.4 Å². The van der Waals surface area contributed by atoms with Crippen molar-refractivity contribution in [1.29, 1.82) is 0 Å². The molecule has 0 unspecified atom stereocenters. The smallest absolute Gasteiger partial charge is 0.273 e. The summed E-state index contributed by atoms with van der Waals surface area (Å²) in [5.41, 5.74) is 3.11. The van der Waals surface area contributed by atoms with E-state index in [0.29, 0.717) is 12.2 Å². The average Bonchev–Trinajstić information content (AvgIpc) is 2.46.